The van der Waals surface area contributed by atoms with E-state index in [9.17, 15) is 14.0 Å². The van der Waals surface area contributed by atoms with Crippen LogP contribution < -0.4 is 10.6 Å². The zero-order chi connectivity index (χ0) is 20.4. The molecule has 0 radical (unpaired) electrons. The highest BCUT2D eigenvalue weighted by molar-refractivity contribution is 6.06. The summed E-state index contributed by atoms with van der Waals surface area (Å²) in [7, 11) is 0. The summed E-state index contributed by atoms with van der Waals surface area (Å²) in [5, 5.41) is 13.1. The smallest absolute Gasteiger partial charge is 0.253 e. The molecule has 4 rings (SSSR count). The van der Waals surface area contributed by atoms with Crippen LogP contribution in [0.25, 0.3) is 5.69 Å². The topological polar surface area (TPSA) is 88.9 Å². The van der Waals surface area contributed by atoms with Crippen LogP contribution in [0.5, 0.6) is 0 Å². The van der Waals surface area contributed by atoms with Gasteiger partial charge in [-0.3, -0.25) is 14.2 Å². The summed E-state index contributed by atoms with van der Waals surface area (Å²) in [6.45, 7) is 1.89. The van der Waals surface area contributed by atoms with Gasteiger partial charge in [0.1, 0.15) is 18.5 Å². The van der Waals surface area contributed by atoms with Gasteiger partial charge in [-0.1, -0.05) is 18.2 Å². The lowest BCUT2D eigenvalue weighted by molar-refractivity contribution is -0.121. The van der Waals surface area contributed by atoms with Crippen LogP contribution in [0.4, 0.5) is 10.1 Å². The Hall–Kier alpha value is -3.81. The number of rotatable bonds is 4. The molecule has 8 heteroatoms. The number of amides is 2. The van der Waals surface area contributed by atoms with Crippen LogP contribution in [0.15, 0.2) is 66.9 Å². The summed E-state index contributed by atoms with van der Waals surface area (Å²) in [5.41, 5.74) is 3.44. The van der Waals surface area contributed by atoms with Crippen molar-refractivity contribution in [1.29, 1.82) is 0 Å². The van der Waals surface area contributed by atoms with Crippen molar-refractivity contribution in [2.45, 2.75) is 19.3 Å². The third kappa shape index (κ3) is 3.91. The molecule has 1 aliphatic heterocycles. The summed E-state index contributed by atoms with van der Waals surface area (Å²) in [4.78, 5) is 24.9. The fraction of sp³-hybridized carbons (Fsp3) is 0.143. The van der Waals surface area contributed by atoms with Gasteiger partial charge in [-0.25, -0.2) is 4.39 Å². The molecule has 1 unspecified atom stereocenters. The molecule has 1 atom stereocenters. The summed E-state index contributed by atoms with van der Waals surface area (Å²) in [6, 6.07) is 11.4. The maximum Gasteiger partial charge on any atom is 0.253 e. The second kappa shape index (κ2) is 7.67. The van der Waals surface area contributed by atoms with E-state index < -0.39 is 5.92 Å². The van der Waals surface area contributed by atoms with E-state index in [4.69, 9.17) is 0 Å². The molecule has 1 aliphatic rings. The van der Waals surface area contributed by atoms with E-state index in [0.717, 1.165) is 11.3 Å². The van der Waals surface area contributed by atoms with Crippen molar-refractivity contribution in [3.8, 4) is 5.69 Å². The number of hydrogen-bond acceptors (Lipinski definition) is 4. The minimum atomic E-state index is -0.453. The molecular weight excluding hydrogens is 373 g/mol. The summed E-state index contributed by atoms with van der Waals surface area (Å²) >= 11 is 0. The first-order valence-electron chi connectivity index (χ1n) is 9.03. The van der Waals surface area contributed by atoms with Crippen LogP contribution in [0.1, 0.15) is 23.5 Å². The standard InChI is InChI=1S/C21H18FN5O2/c1-13-2-7-16(27-11-24-25-12-27)8-19(13)26-21(29)18-10-23-20(28)9-17(18)14-3-5-15(22)6-4-14/h2-8,10-12,17H,9H2,1H3,(H,23,28)(H,26,29). The van der Waals surface area contributed by atoms with E-state index in [1.54, 1.807) is 29.4 Å². The summed E-state index contributed by atoms with van der Waals surface area (Å²) < 4.78 is 15.0. The fourth-order valence-electron chi connectivity index (χ4n) is 3.26. The van der Waals surface area contributed by atoms with Crippen molar-refractivity contribution in [1.82, 2.24) is 20.1 Å². The zero-order valence-electron chi connectivity index (χ0n) is 15.6. The maximum atomic E-state index is 13.3. The number of benzene rings is 2. The van der Waals surface area contributed by atoms with Crippen molar-refractivity contribution < 1.29 is 14.0 Å². The van der Waals surface area contributed by atoms with Gasteiger partial charge in [-0.05, 0) is 42.3 Å². The van der Waals surface area contributed by atoms with Gasteiger partial charge in [0.05, 0.1) is 5.69 Å². The Balaban J connectivity index is 1.62. The second-order valence-corrected chi connectivity index (χ2v) is 6.80. The minimum Gasteiger partial charge on any atom is -0.332 e. The molecule has 2 heterocycles. The van der Waals surface area contributed by atoms with Crippen LogP contribution in [0, 0.1) is 12.7 Å². The Morgan fingerprint density at radius 1 is 1.17 bits per heavy atom. The molecule has 0 bridgehead atoms. The number of anilines is 1. The van der Waals surface area contributed by atoms with Gasteiger partial charge >= 0.3 is 0 Å². The van der Waals surface area contributed by atoms with Gasteiger partial charge in [0.25, 0.3) is 5.91 Å². The Kier molecular flexibility index (Phi) is 4.90. The Morgan fingerprint density at radius 2 is 1.90 bits per heavy atom. The first-order valence-corrected chi connectivity index (χ1v) is 9.03. The number of carbonyl (C=O) groups excluding carboxylic acids is 2. The molecule has 3 aromatic rings. The molecule has 0 aliphatic carbocycles. The molecule has 2 amide bonds. The van der Waals surface area contributed by atoms with Gasteiger partial charge in [0, 0.05) is 29.8 Å². The van der Waals surface area contributed by atoms with Gasteiger partial charge < -0.3 is 10.6 Å². The quantitative estimate of drug-likeness (QED) is 0.716. The highest BCUT2D eigenvalue weighted by Crippen LogP contribution is 2.31. The molecule has 2 aromatic carbocycles. The van der Waals surface area contributed by atoms with Gasteiger partial charge in [0.2, 0.25) is 5.91 Å². The van der Waals surface area contributed by atoms with Gasteiger partial charge in [-0.15, -0.1) is 10.2 Å². The normalized spacial score (nSPS) is 16.1. The second-order valence-electron chi connectivity index (χ2n) is 6.80. The third-order valence-electron chi connectivity index (χ3n) is 4.87. The van der Waals surface area contributed by atoms with E-state index in [1.165, 1.54) is 18.3 Å². The van der Waals surface area contributed by atoms with E-state index >= 15 is 0 Å². The lowest BCUT2D eigenvalue weighted by Gasteiger charge is -2.24. The molecule has 29 heavy (non-hydrogen) atoms. The molecule has 0 saturated carbocycles. The number of aromatic nitrogens is 3. The van der Waals surface area contributed by atoms with Crippen LogP contribution in [0.3, 0.4) is 0 Å². The maximum absolute atomic E-state index is 13.3. The molecule has 0 saturated heterocycles. The van der Waals surface area contributed by atoms with Crippen molar-refractivity contribution >= 4 is 17.5 Å². The van der Waals surface area contributed by atoms with E-state index in [-0.39, 0.29) is 24.1 Å². The lowest BCUT2D eigenvalue weighted by atomic mass is 9.86. The van der Waals surface area contributed by atoms with Crippen molar-refractivity contribution in [2.75, 3.05) is 5.32 Å². The van der Waals surface area contributed by atoms with Crippen LogP contribution in [-0.4, -0.2) is 26.6 Å². The molecule has 7 nitrogen and oxygen atoms in total. The van der Waals surface area contributed by atoms with Crippen LogP contribution >= 0.6 is 0 Å². The lowest BCUT2D eigenvalue weighted by Crippen LogP contribution is -2.32. The first kappa shape index (κ1) is 18.5. The van der Waals surface area contributed by atoms with E-state index in [0.29, 0.717) is 16.8 Å². The Morgan fingerprint density at radius 3 is 2.62 bits per heavy atom. The monoisotopic (exact) mass is 391 g/mol. The zero-order valence-corrected chi connectivity index (χ0v) is 15.6. The molecule has 1 aromatic heterocycles. The first-order chi connectivity index (χ1) is 14.0. The number of nitrogens with one attached hydrogen (secondary N) is 2. The largest absolute Gasteiger partial charge is 0.332 e. The van der Waals surface area contributed by atoms with Crippen molar-refractivity contribution in [3.05, 3.63) is 83.8 Å². The van der Waals surface area contributed by atoms with Gasteiger partial charge in [-0.2, -0.15) is 0 Å². The van der Waals surface area contributed by atoms with Crippen molar-refractivity contribution in [3.63, 3.8) is 0 Å². The Bertz CT molecular complexity index is 1090. The summed E-state index contributed by atoms with van der Waals surface area (Å²) in [5.74, 6) is -1.35. The SMILES string of the molecule is Cc1ccc(-n2cnnc2)cc1NC(=O)C1=CNC(=O)CC1c1ccc(F)cc1. The number of aryl methyl sites for hydroxylation is 1. The number of halogens is 1. The molecule has 146 valence electrons. The average Bonchev–Trinajstić information content (AvgIpc) is 3.25. The highest BCUT2D eigenvalue weighted by Gasteiger charge is 2.29. The van der Waals surface area contributed by atoms with Gasteiger partial charge in [0.15, 0.2) is 0 Å². The highest BCUT2D eigenvalue weighted by atomic mass is 19.1. The number of hydrogen-bond donors (Lipinski definition) is 2. The van der Waals surface area contributed by atoms with E-state index in [2.05, 4.69) is 20.8 Å². The molecular formula is C21H18FN5O2. The number of carbonyl (C=O) groups is 2. The van der Waals surface area contributed by atoms with Crippen LogP contribution in [-0.2, 0) is 9.59 Å². The minimum absolute atomic E-state index is 0.116. The molecule has 2 N–H and O–H groups in total. The number of nitrogens with zero attached hydrogens (tertiary/aromatic N) is 3. The Labute approximate surface area is 166 Å². The van der Waals surface area contributed by atoms with Crippen molar-refractivity contribution in [2.24, 2.45) is 0 Å². The van der Waals surface area contributed by atoms with E-state index in [1.807, 2.05) is 25.1 Å². The van der Waals surface area contributed by atoms with Crippen LogP contribution in [0.2, 0.25) is 0 Å². The average molecular weight is 391 g/mol. The fourth-order valence-corrected chi connectivity index (χ4v) is 3.26. The predicted molar refractivity (Wildman–Crippen MR) is 105 cm³/mol. The predicted octanol–water partition coefficient (Wildman–Crippen LogP) is 2.84. The third-order valence-corrected chi connectivity index (χ3v) is 4.87. The summed E-state index contributed by atoms with van der Waals surface area (Å²) in [6.07, 6.45) is 4.68. The molecule has 0 spiro atoms. The molecule has 0 fully saturated rings.